The van der Waals surface area contributed by atoms with E-state index in [0.717, 1.165) is 0 Å². The molecule has 6 N–H and O–H groups in total. The molecule has 0 spiro atoms. The molecule has 0 aliphatic heterocycles. The molecule has 0 saturated carbocycles. The fraction of sp³-hybridized carbons (Fsp3) is 0.0147. The van der Waals surface area contributed by atoms with Gasteiger partial charge in [-0.25, -0.2) is 29.9 Å². The minimum absolute atomic E-state index is 0. The summed E-state index contributed by atoms with van der Waals surface area (Å²) in [4.78, 5) is 38.5. The van der Waals surface area contributed by atoms with Crippen molar-refractivity contribution in [2.75, 3.05) is 0 Å². The Morgan fingerprint density at radius 1 is 0.250 bits per heavy atom. The normalized spacial score (nSPS) is 9.62. The van der Waals surface area contributed by atoms with Crippen molar-refractivity contribution in [3.8, 4) is 6.07 Å². The molecule has 0 amide bonds. The molecule has 13 nitrogen and oxygen atoms in total. The Morgan fingerprint density at radius 3 is 0.440 bits per heavy atom. The smallest absolute Gasteiger partial charge is 0.351 e. The van der Waals surface area contributed by atoms with Crippen LogP contribution in [0.25, 0.3) is 0 Å². The summed E-state index contributed by atoms with van der Waals surface area (Å²) in [5.41, 5.74) is 10.7. The standard InChI is InChI=1S/2C24H20B.6C3H4N2.C2H3N.Co/c2*1-5-13-21(14-6-1)25(22-15-7-2-8-16-22,23-17-9-3-10-18-23)24-19-11-4-12-20-24;6*1-2-5-3-4-1;1-2-3;/h2*1-20H;6*1-3H,(H,4,5);1H3;/q2*-1;;;;;;;;+2. The molecule has 0 aliphatic rings. The van der Waals surface area contributed by atoms with Gasteiger partial charge in [0, 0.05) is 81.3 Å². The quantitative estimate of drug-likeness (QED) is 0.0817. The Morgan fingerprint density at radius 2 is 0.369 bits per heavy atom. The molecule has 8 aromatic carbocycles. The number of aromatic nitrogens is 12. The summed E-state index contributed by atoms with van der Waals surface area (Å²) in [6.45, 7) is 1.43. The van der Waals surface area contributed by atoms with Crippen molar-refractivity contribution in [1.29, 1.82) is 5.26 Å². The number of hydrogen-bond donors (Lipinski definition) is 6. The number of H-pyrrole nitrogens is 6. The van der Waals surface area contributed by atoms with Gasteiger partial charge in [-0.05, 0) is 0 Å². The Hall–Kier alpha value is -10.9. The number of rotatable bonds is 8. The monoisotopic (exact) mass is 1150 g/mol. The van der Waals surface area contributed by atoms with Gasteiger partial charge in [0.05, 0.1) is 44.0 Å². The molecular weight excluding hydrogens is 1080 g/mol. The zero-order valence-electron chi connectivity index (χ0n) is 46.6. The van der Waals surface area contributed by atoms with Crippen molar-refractivity contribution in [2.24, 2.45) is 0 Å². The fourth-order valence-corrected chi connectivity index (χ4v) is 9.53. The summed E-state index contributed by atoms with van der Waals surface area (Å²) in [6.07, 6.45) is 28.1. The van der Waals surface area contributed by atoms with E-state index < -0.39 is 12.3 Å². The molecule has 6 heterocycles. The first-order valence-corrected chi connectivity index (χ1v) is 26.9. The summed E-state index contributed by atoms with van der Waals surface area (Å²) in [5, 5.41) is 7.32. The van der Waals surface area contributed by atoms with E-state index in [4.69, 9.17) is 5.26 Å². The van der Waals surface area contributed by atoms with Gasteiger partial charge in [0.25, 0.3) is 0 Å². The minimum atomic E-state index is -1.22. The van der Waals surface area contributed by atoms with Crippen molar-refractivity contribution < 1.29 is 16.8 Å². The van der Waals surface area contributed by atoms with Crippen LogP contribution < -0.4 is 43.7 Å². The molecule has 16 heteroatoms. The molecule has 0 aliphatic carbocycles. The molecule has 6 aromatic heterocycles. The average molecular weight is 1150 g/mol. The van der Waals surface area contributed by atoms with Gasteiger partial charge in [0.15, 0.2) is 0 Å². The van der Waals surface area contributed by atoms with Crippen LogP contribution in [0, 0.1) is 11.3 Å². The van der Waals surface area contributed by atoms with Crippen LogP contribution in [0.1, 0.15) is 6.92 Å². The number of imidazole rings is 6. The van der Waals surface area contributed by atoms with Gasteiger partial charge in [-0.3, -0.25) is 0 Å². The summed E-state index contributed by atoms with van der Waals surface area (Å²) in [7, 11) is 0. The number of nitrogens with zero attached hydrogens (tertiary/aromatic N) is 7. The van der Waals surface area contributed by atoms with Gasteiger partial charge in [-0.1, -0.05) is 243 Å². The summed E-state index contributed by atoms with van der Waals surface area (Å²) in [5.74, 6) is 0. The van der Waals surface area contributed by atoms with Gasteiger partial charge in [-0.2, -0.15) is 49.0 Å². The SMILES string of the molecule is CC#N.[Co+2].c1c[nH]cn1.c1c[nH]cn1.c1c[nH]cn1.c1c[nH]cn1.c1c[nH]cn1.c1c[nH]cn1.c1ccc([B-](c2ccccc2)(c2ccccc2)c2ccccc2)cc1.c1ccc([B-](c2ccccc2)(c2ccccc2)c2ccccc2)cc1. The van der Waals surface area contributed by atoms with Crippen LogP contribution in [0.2, 0.25) is 0 Å². The predicted octanol–water partition coefficient (Wildman–Crippen LogP) is 9.11. The number of nitriles is 1. The van der Waals surface area contributed by atoms with E-state index in [-0.39, 0.29) is 16.8 Å². The zero-order valence-corrected chi connectivity index (χ0v) is 47.6. The van der Waals surface area contributed by atoms with Crippen molar-refractivity contribution in [3.63, 3.8) is 0 Å². The van der Waals surface area contributed by atoms with Crippen molar-refractivity contribution in [3.05, 3.63) is 355 Å². The third kappa shape index (κ3) is 20.4. The number of benzene rings is 8. The summed E-state index contributed by atoms with van der Waals surface area (Å²) < 4.78 is 0. The van der Waals surface area contributed by atoms with E-state index in [1.54, 1.807) is 118 Å². The van der Waals surface area contributed by atoms with Crippen molar-refractivity contribution in [2.45, 2.75) is 6.92 Å². The van der Waals surface area contributed by atoms with E-state index in [9.17, 15) is 0 Å². The maximum Gasteiger partial charge on any atom is 2.00 e. The van der Waals surface area contributed by atoms with Crippen LogP contribution >= 0.6 is 0 Å². The zero-order chi connectivity index (χ0) is 57.8. The van der Waals surface area contributed by atoms with E-state index in [0.29, 0.717) is 0 Å². The van der Waals surface area contributed by atoms with E-state index >= 15 is 0 Å². The number of nitrogens with one attached hydrogen (secondary N) is 6. The van der Waals surface area contributed by atoms with Crippen LogP contribution in [0.4, 0.5) is 0 Å². The first-order valence-electron chi connectivity index (χ1n) is 26.9. The average Bonchev–Trinajstić information content (AvgIpc) is 3.54. The third-order valence-corrected chi connectivity index (χ3v) is 12.8. The topological polar surface area (TPSA) is 196 Å². The maximum absolute atomic E-state index is 7.32. The molecule has 0 unspecified atom stereocenters. The second-order valence-corrected chi connectivity index (χ2v) is 17.8. The largest absolute Gasteiger partial charge is 2.00 e. The number of aromatic amines is 6. The van der Waals surface area contributed by atoms with E-state index in [2.05, 4.69) is 302 Å². The second-order valence-electron chi connectivity index (χ2n) is 17.8. The van der Waals surface area contributed by atoms with Crippen LogP contribution in [0.5, 0.6) is 0 Å². The fourth-order valence-electron chi connectivity index (χ4n) is 9.53. The molecule has 0 bridgehead atoms. The Labute approximate surface area is 503 Å². The minimum Gasteiger partial charge on any atom is -0.351 e. The Bertz CT molecular complexity index is 2810. The maximum atomic E-state index is 7.32. The molecule has 1 radical (unpaired) electrons. The molecule has 0 fully saturated rings. The van der Waals surface area contributed by atoms with Crippen molar-refractivity contribution in [1.82, 2.24) is 59.8 Å². The first kappa shape index (κ1) is 64.0. The predicted molar refractivity (Wildman–Crippen MR) is 343 cm³/mol. The number of hydrogen-bond acceptors (Lipinski definition) is 7. The van der Waals surface area contributed by atoms with Gasteiger partial charge >= 0.3 is 16.8 Å². The summed E-state index contributed by atoms with van der Waals surface area (Å²) >= 11 is 0. The van der Waals surface area contributed by atoms with Crippen LogP contribution in [-0.4, -0.2) is 72.1 Å². The molecule has 0 atom stereocenters. The summed E-state index contributed by atoms with van der Waals surface area (Å²) in [6, 6.07) is 88.8. The van der Waals surface area contributed by atoms with E-state index in [1.807, 2.05) is 0 Å². The van der Waals surface area contributed by atoms with E-state index in [1.165, 1.54) is 50.6 Å². The van der Waals surface area contributed by atoms with Gasteiger partial charge < -0.3 is 29.9 Å². The Kier molecular flexibility index (Phi) is 30.1. The van der Waals surface area contributed by atoms with Crippen LogP contribution in [0.3, 0.4) is 0 Å². The molecule has 14 rings (SSSR count). The molecule has 419 valence electrons. The Balaban J connectivity index is 0.000000199. The van der Waals surface area contributed by atoms with Crippen LogP contribution in [0.15, 0.2) is 355 Å². The first-order chi connectivity index (χ1) is 41.3. The second kappa shape index (κ2) is 39.5. The molecule has 14 aromatic rings. The molecule has 0 saturated heterocycles. The van der Waals surface area contributed by atoms with Gasteiger partial charge in [0.1, 0.15) is 12.3 Å². The van der Waals surface area contributed by atoms with Crippen LogP contribution in [-0.2, 0) is 16.8 Å². The molecular formula is C68H67B2CoN13. The molecule has 84 heavy (non-hydrogen) atoms. The van der Waals surface area contributed by atoms with Gasteiger partial charge in [-0.15, -0.1) is 0 Å². The van der Waals surface area contributed by atoms with Gasteiger partial charge in [0.2, 0.25) is 0 Å². The third-order valence-electron chi connectivity index (χ3n) is 12.8. The van der Waals surface area contributed by atoms with Crippen molar-refractivity contribution >= 4 is 56.0 Å².